The first-order valence-corrected chi connectivity index (χ1v) is 7.50. The van der Waals surface area contributed by atoms with E-state index in [0.717, 1.165) is 25.7 Å². The number of urea groups is 1. The van der Waals surface area contributed by atoms with E-state index in [4.69, 9.17) is 9.26 Å². The highest BCUT2D eigenvalue weighted by Gasteiger charge is 2.31. The molecule has 0 aromatic carbocycles. The van der Waals surface area contributed by atoms with E-state index in [1.165, 1.54) is 0 Å². The van der Waals surface area contributed by atoms with Crippen LogP contribution in [0.3, 0.4) is 0 Å². The van der Waals surface area contributed by atoms with Gasteiger partial charge >= 0.3 is 6.03 Å². The van der Waals surface area contributed by atoms with Crippen molar-refractivity contribution in [3.8, 4) is 0 Å². The number of nitrogens with one attached hydrogen (secondary N) is 1. The van der Waals surface area contributed by atoms with Crippen LogP contribution in [-0.4, -0.2) is 40.8 Å². The molecule has 7 nitrogen and oxygen atoms in total. The quantitative estimate of drug-likeness (QED) is 0.921. The molecule has 1 aliphatic rings. The predicted molar refractivity (Wildman–Crippen MR) is 76.6 cm³/mol. The number of aromatic nitrogens is 2. The van der Waals surface area contributed by atoms with Gasteiger partial charge in [0.1, 0.15) is 12.6 Å². The van der Waals surface area contributed by atoms with Crippen molar-refractivity contribution in [1.29, 1.82) is 0 Å². The maximum Gasteiger partial charge on any atom is 0.318 e. The Hall–Kier alpha value is -1.63. The van der Waals surface area contributed by atoms with Gasteiger partial charge in [-0.05, 0) is 26.7 Å². The molecule has 1 aromatic heterocycles. The van der Waals surface area contributed by atoms with Gasteiger partial charge in [-0.2, -0.15) is 4.98 Å². The van der Waals surface area contributed by atoms with Crippen LogP contribution in [0.1, 0.15) is 57.3 Å². The summed E-state index contributed by atoms with van der Waals surface area (Å²) >= 11 is 0. The van der Waals surface area contributed by atoms with Gasteiger partial charge in [-0.1, -0.05) is 18.0 Å². The molecule has 1 atom stereocenters. The van der Waals surface area contributed by atoms with Crippen LogP contribution in [-0.2, 0) is 11.3 Å². The number of carbonyl (C=O) groups is 1. The molecule has 1 N–H and O–H groups in total. The Morgan fingerprint density at radius 1 is 1.48 bits per heavy atom. The fourth-order valence-corrected chi connectivity index (χ4v) is 2.53. The highest BCUT2D eigenvalue weighted by Crippen LogP contribution is 2.29. The number of amides is 2. The first-order valence-electron chi connectivity index (χ1n) is 7.50. The summed E-state index contributed by atoms with van der Waals surface area (Å²) in [6, 6.07) is -0.110. The Balaban J connectivity index is 2.16. The van der Waals surface area contributed by atoms with E-state index in [-0.39, 0.29) is 18.1 Å². The zero-order valence-corrected chi connectivity index (χ0v) is 13.0. The van der Waals surface area contributed by atoms with Gasteiger partial charge < -0.3 is 19.5 Å². The SMILES string of the molecule is COCc1noc(C2CCCCCN2C(=O)NC(C)C)n1. The Morgan fingerprint density at radius 2 is 2.29 bits per heavy atom. The van der Waals surface area contributed by atoms with Crippen LogP contribution in [0.25, 0.3) is 0 Å². The molecule has 1 unspecified atom stereocenters. The van der Waals surface area contributed by atoms with Crippen LogP contribution in [0.5, 0.6) is 0 Å². The standard InChI is InChI=1S/C14H24N4O3/c1-10(2)15-14(19)18-8-6-4-5-7-11(18)13-16-12(9-20-3)17-21-13/h10-11H,4-9H2,1-3H3,(H,15,19). The normalized spacial score (nSPS) is 19.6. The molecule has 1 aromatic rings. The van der Waals surface area contributed by atoms with Crippen LogP contribution < -0.4 is 5.32 Å². The summed E-state index contributed by atoms with van der Waals surface area (Å²) in [5, 5.41) is 6.84. The van der Waals surface area contributed by atoms with Crippen LogP contribution in [0, 0.1) is 0 Å². The molecule has 1 fully saturated rings. The summed E-state index contributed by atoms with van der Waals surface area (Å²) < 4.78 is 10.3. The van der Waals surface area contributed by atoms with Crippen molar-refractivity contribution in [3.05, 3.63) is 11.7 Å². The van der Waals surface area contributed by atoms with E-state index in [1.54, 1.807) is 7.11 Å². The number of methoxy groups -OCH3 is 1. The number of hydrogen-bond donors (Lipinski definition) is 1. The van der Waals surface area contributed by atoms with Crippen molar-refractivity contribution in [1.82, 2.24) is 20.4 Å². The lowest BCUT2D eigenvalue weighted by Gasteiger charge is -2.28. The zero-order valence-electron chi connectivity index (χ0n) is 13.0. The van der Waals surface area contributed by atoms with Crippen molar-refractivity contribution in [3.63, 3.8) is 0 Å². The van der Waals surface area contributed by atoms with E-state index in [2.05, 4.69) is 15.5 Å². The molecule has 21 heavy (non-hydrogen) atoms. The third kappa shape index (κ3) is 4.17. The molecule has 1 aliphatic heterocycles. The molecular weight excluding hydrogens is 272 g/mol. The third-order valence-corrected chi connectivity index (χ3v) is 3.47. The van der Waals surface area contributed by atoms with Crippen molar-refractivity contribution in [2.45, 2.75) is 58.2 Å². The molecule has 0 aliphatic carbocycles. The molecule has 0 saturated carbocycles. The smallest absolute Gasteiger partial charge is 0.318 e. The minimum Gasteiger partial charge on any atom is -0.377 e. The van der Waals surface area contributed by atoms with Crippen molar-refractivity contribution < 1.29 is 14.1 Å². The average Bonchev–Trinajstić information content (AvgIpc) is 2.74. The molecule has 118 valence electrons. The summed E-state index contributed by atoms with van der Waals surface area (Å²) in [5.74, 6) is 1.02. The number of hydrogen-bond acceptors (Lipinski definition) is 5. The second-order valence-electron chi connectivity index (χ2n) is 5.64. The molecular formula is C14H24N4O3. The lowest BCUT2D eigenvalue weighted by Crippen LogP contribution is -2.44. The molecule has 2 amide bonds. The Labute approximate surface area is 125 Å². The number of ether oxygens (including phenoxy) is 1. The Kier molecular flexibility index (Phi) is 5.55. The summed E-state index contributed by atoms with van der Waals surface area (Å²) in [4.78, 5) is 18.5. The fraction of sp³-hybridized carbons (Fsp3) is 0.786. The average molecular weight is 296 g/mol. The predicted octanol–water partition coefficient (Wildman–Crippen LogP) is 2.25. The monoisotopic (exact) mass is 296 g/mol. The van der Waals surface area contributed by atoms with E-state index in [9.17, 15) is 4.79 Å². The van der Waals surface area contributed by atoms with E-state index in [0.29, 0.717) is 24.9 Å². The van der Waals surface area contributed by atoms with Gasteiger partial charge in [-0.25, -0.2) is 4.79 Å². The number of carbonyl (C=O) groups excluding carboxylic acids is 1. The van der Waals surface area contributed by atoms with Gasteiger partial charge in [0.2, 0.25) is 5.89 Å². The number of likely N-dealkylation sites (tertiary alicyclic amines) is 1. The van der Waals surface area contributed by atoms with Gasteiger partial charge in [-0.15, -0.1) is 0 Å². The van der Waals surface area contributed by atoms with Gasteiger partial charge in [-0.3, -0.25) is 0 Å². The van der Waals surface area contributed by atoms with E-state index >= 15 is 0 Å². The van der Waals surface area contributed by atoms with Gasteiger partial charge in [0.25, 0.3) is 0 Å². The second-order valence-corrected chi connectivity index (χ2v) is 5.64. The first kappa shape index (κ1) is 15.8. The second kappa shape index (κ2) is 7.40. The Morgan fingerprint density at radius 3 is 3.00 bits per heavy atom. The minimum atomic E-state index is -0.149. The minimum absolute atomic E-state index is 0.0663. The zero-order chi connectivity index (χ0) is 15.2. The first-order chi connectivity index (χ1) is 10.1. The fourth-order valence-electron chi connectivity index (χ4n) is 2.53. The van der Waals surface area contributed by atoms with Crippen LogP contribution in [0.2, 0.25) is 0 Å². The number of nitrogens with zero attached hydrogens (tertiary/aromatic N) is 3. The Bertz CT molecular complexity index is 461. The van der Waals surface area contributed by atoms with Crippen LogP contribution in [0.15, 0.2) is 4.52 Å². The number of rotatable bonds is 4. The molecule has 1 saturated heterocycles. The lowest BCUT2D eigenvalue weighted by molar-refractivity contribution is 0.156. The van der Waals surface area contributed by atoms with E-state index < -0.39 is 0 Å². The summed E-state index contributed by atoms with van der Waals surface area (Å²) in [5.41, 5.74) is 0. The molecule has 0 radical (unpaired) electrons. The van der Waals surface area contributed by atoms with Gasteiger partial charge in [0, 0.05) is 19.7 Å². The summed E-state index contributed by atoms with van der Waals surface area (Å²) in [6.45, 7) is 4.93. The highest BCUT2D eigenvalue weighted by molar-refractivity contribution is 5.74. The van der Waals surface area contributed by atoms with Crippen molar-refractivity contribution in [2.24, 2.45) is 0 Å². The van der Waals surface area contributed by atoms with Gasteiger partial charge in [0.15, 0.2) is 5.82 Å². The third-order valence-electron chi connectivity index (χ3n) is 3.47. The maximum atomic E-state index is 12.4. The van der Waals surface area contributed by atoms with Gasteiger partial charge in [0.05, 0.1) is 0 Å². The largest absolute Gasteiger partial charge is 0.377 e. The highest BCUT2D eigenvalue weighted by atomic mass is 16.5. The van der Waals surface area contributed by atoms with Crippen molar-refractivity contribution >= 4 is 6.03 Å². The summed E-state index contributed by atoms with van der Waals surface area (Å²) in [6.07, 6.45) is 4.01. The summed E-state index contributed by atoms with van der Waals surface area (Å²) in [7, 11) is 1.59. The molecule has 0 spiro atoms. The molecule has 7 heteroatoms. The van der Waals surface area contributed by atoms with Crippen LogP contribution in [0.4, 0.5) is 4.79 Å². The lowest BCUT2D eigenvalue weighted by atomic mass is 10.1. The van der Waals surface area contributed by atoms with E-state index in [1.807, 2.05) is 18.7 Å². The topological polar surface area (TPSA) is 80.5 Å². The van der Waals surface area contributed by atoms with Crippen molar-refractivity contribution in [2.75, 3.05) is 13.7 Å². The maximum absolute atomic E-state index is 12.4. The molecule has 2 heterocycles. The van der Waals surface area contributed by atoms with Crippen LogP contribution >= 0.6 is 0 Å². The molecule has 0 bridgehead atoms. The molecule has 2 rings (SSSR count).